The van der Waals surface area contributed by atoms with Crippen LogP contribution in [0.1, 0.15) is 40.0 Å². The largest absolute Gasteiger partial charge is 0.450 e. The first kappa shape index (κ1) is 24.2. The van der Waals surface area contributed by atoms with E-state index in [1.54, 1.807) is 13.8 Å². The summed E-state index contributed by atoms with van der Waals surface area (Å²) in [4.78, 5) is 30.1. The Labute approximate surface area is 185 Å². The van der Waals surface area contributed by atoms with Crippen LogP contribution in [0.15, 0.2) is 11.1 Å². The Morgan fingerprint density at radius 3 is 2.26 bits per heavy atom. The normalized spacial score (nSPS) is 23.4. The van der Waals surface area contributed by atoms with E-state index in [0.29, 0.717) is 30.5 Å². The molecule has 2 fully saturated rings. The summed E-state index contributed by atoms with van der Waals surface area (Å²) in [6, 6.07) is 0. The van der Waals surface area contributed by atoms with Crippen LogP contribution in [0.3, 0.4) is 0 Å². The number of hydrogen-bond donors (Lipinski definition) is 1. The third-order valence-corrected chi connectivity index (χ3v) is 8.67. The zero-order valence-corrected chi connectivity index (χ0v) is 19.8. The number of carbonyl (C=O) groups excluding carboxylic acids is 2. The van der Waals surface area contributed by atoms with E-state index in [2.05, 4.69) is 22.0 Å². The maximum Gasteiger partial charge on any atom is 0.335 e. The summed E-state index contributed by atoms with van der Waals surface area (Å²) >= 11 is 0. The number of piperidine rings is 1. The summed E-state index contributed by atoms with van der Waals surface area (Å²) in [5, 5.41) is 2.96. The Balaban J connectivity index is 1.53. The highest BCUT2D eigenvalue weighted by Crippen LogP contribution is 2.41. The molecule has 0 atom stereocenters. The average molecular weight is 457 g/mol. The van der Waals surface area contributed by atoms with E-state index in [0.717, 1.165) is 45.7 Å². The maximum atomic E-state index is 13.0. The lowest BCUT2D eigenvalue weighted by Crippen LogP contribution is -2.50. The maximum absolute atomic E-state index is 13.0. The second kappa shape index (κ2) is 9.97. The Morgan fingerprint density at radius 1 is 1.06 bits per heavy atom. The first-order valence-corrected chi connectivity index (χ1v) is 13.0. The van der Waals surface area contributed by atoms with E-state index >= 15 is 0 Å². The van der Waals surface area contributed by atoms with Crippen LogP contribution >= 0.6 is 0 Å². The lowest BCUT2D eigenvalue weighted by atomic mass is 9.83. The number of sulfonamides is 1. The van der Waals surface area contributed by atoms with Gasteiger partial charge in [0.15, 0.2) is 0 Å². The van der Waals surface area contributed by atoms with Crippen molar-refractivity contribution in [2.75, 3.05) is 64.7 Å². The zero-order chi connectivity index (χ0) is 22.6. The molecule has 9 nitrogen and oxygen atoms in total. The van der Waals surface area contributed by atoms with Crippen molar-refractivity contribution in [2.24, 2.45) is 0 Å². The molecule has 0 aliphatic carbocycles. The highest BCUT2D eigenvalue weighted by molar-refractivity contribution is 7.89. The van der Waals surface area contributed by atoms with Crippen molar-refractivity contribution in [1.82, 2.24) is 19.4 Å². The molecule has 0 bridgehead atoms. The number of esters is 1. The number of ether oxygens (including phenoxy) is 1. The molecule has 0 saturated carbocycles. The van der Waals surface area contributed by atoms with Crippen molar-refractivity contribution in [3.05, 3.63) is 11.1 Å². The Morgan fingerprint density at radius 2 is 1.68 bits per heavy atom. The number of nitrogens with zero attached hydrogens (tertiary/aromatic N) is 3. The Bertz CT molecular complexity index is 810. The number of piperazine rings is 1. The van der Waals surface area contributed by atoms with Crippen molar-refractivity contribution in [1.29, 1.82) is 0 Å². The van der Waals surface area contributed by atoms with Crippen LogP contribution in [0.5, 0.6) is 0 Å². The summed E-state index contributed by atoms with van der Waals surface area (Å²) in [7, 11) is -3.30. The Hall–Kier alpha value is -1.49. The minimum Gasteiger partial charge on any atom is -0.450 e. The van der Waals surface area contributed by atoms with Crippen LogP contribution in [-0.2, 0) is 24.3 Å². The van der Waals surface area contributed by atoms with Gasteiger partial charge in [0.1, 0.15) is 5.60 Å². The van der Waals surface area contributed by atoms with E-state index < -0.39 is 21.6 Å². The molecule has 31 heavy (non-hydrogen) atoms. The van der Waals surface area contributed by atoms with E-state index in [-0.39, 0.29) is 24.7 Å². The molecule has 3 aliphatic heterocycles. The SMILES string of the molecule is CCN1CCN(CCCNC(=O)C2=C(C)C(=O)OC23CCN(S(=O)(=O)CC)CC3)CC1. The molecule has 3 heterocycles. The fourth-order valence-electron chi connectivity index (χ4n) is 4.71. The lowest BCUT2D eigenvalue weighted by molar-refractivity contribution is -0.150. The highest BCUT2D eigenvalue weighted by Gasteiger charge is 2.51. The van der Waals surface area contributed by atoms with Crippen LogP contribution in [0, 0.1) is 0 Å². The van der Waals surface area contributed by atoms with Gasteiger partial charge in [0.25, 0.3) is 5.91 Å². The monoisotopic (exact) mass is 456 g/mol. The van der Waals surface area contributed by atoms with Crippen molar-refractivity contribution in [2.45, 2.75) is 45.6 Å². The van der Waals surface area contributed by atoms with E-state index in [9.17, 15) is 18.0 Å². The quantitative estimate of drug-likeness (QED) is 0.411. The van der Waals surface area contributed by atoms with E-state index in [1.165, 1.54) is 4.31 Å². The van der Waals surface area contributed by atoms with Crippen molar-refractivity contribution in [3.63, 3.8) is 0 Å². The molecular formula is C21H36N4O5S. The molecule has 10 heteroatoms. The zero-order valence-electron chi connectivity index (χ0n) is 19.0. The van der Waals surface area contributed by atoms with Crippen molar-refractivity contribution in [3.8, 4) is 0 Å². The Kier molecular flexibility index (Phi) is 7.77. The highest BCUT2D eigenvalue weighted by atomic mass is 32.2. The van der Waals surface area contributed by atoms with Crippen molar-refractivity contribution < 1.29 is 22.7 Å². The molecule has 2 saturated heterocycles. The van der Waals surface area contributed by atoms with Gasteiger partial charge in [-0.2, -0.15) is 0 Å². The van der Waals surface area contributed by atoms with Gasteiger partial charge in [0.05, 0.1) is 11.3 Å². The van der Waals surface area contributed by atoms with Gasteiger partial charge >= 0.3 is 5.97 Å². The molecule has 1 N–H and O–H groups in total. The van der Waals surface area contributed by atoms with Crippen molar-refractivity contribution >= 4 is 21.9 Å². The summed E-state index contributed by atoms with van der Waals surface area (Å²) in [5.74, 6) is -0.716. The van der Waals surface area contributed by atoms with Gasteiger partial charge in [0, 0.05) is 64.2 Å². The standard InChI is InChI=1S/C21H36N4O5S/c1-4-23-13-15-24(16-14-23)10-6-9-22-19(26)18-17(3)20(27)30-21(18)7-11-25(12-8-21)31(28,29)5-2/h4-16H2,1-3H3,(H,22,26). The predicted molar refractivity (Wildman–Crippen MR) is 118 cm³/mol. The second-order valence-electron chi connectivity index (χ2n) is 8.57. The minimum atomic E-state index is -3.30. The number of carbonyl (C=O) groups is 2. The lowest BCUT2D eigenvalue weighted by Gasteiger charge is -2.38. The number of hydrogen-bond acceptors (Lipinski definition) is 7. The number of likely N-dealkylation sites (N-methyl/N-ethyl adjacent to an activating group) is 1. The summed E-state index contributed by atoms with van der Waals surface area (Å²) in [6.45, 7) is 12.7. The van der Waals surface area contributed by atoms with Gasteiger partial charge in [-0.15, -0.1) is 0 Å². The number of amides is 1. The van der Waals surface area contributed by atoms with Gasteiger partial charge in [-0.25, -0.2) is 17.5 Å². The van der Waals surface area contributed by atoms with Crippen LogP contribution in [0.4, 0.5) is 0 Å². The topological polar surface area (TPSA) is 99.3 Å². The van der Waals surface area contributed by atoms with E-state index in [4.69, 9.17) is 4.74 Å². The molecular weight excluding hydrogens is 420 g/mol. The second-order valence-corrected chi connectivity index (χ2v) is 10.8. The van der Waals surface area contributed by atoms with Crippen LogP contribution in [0.2, 0.25) is 0 Å². The van der Waals surface area contributed by atoms with Gasteiger partial charge in [0.2, 0.25) is 10.0 Å². The van der Waals surface area contributed by atoms with Crippen LogP contribution in [0.25, 0.3) is 0 Å². The third kappa shape index (κ3) is 5.30. The summed E-state index contributed by atoms with van der Waals surface area (Å²) < 4.78 is 31.4. The van der Waals surface area contributed by atoms with Crippen LogP contribution in [-0.4, -0.2) is 105 Å². The number of rotatable bonds is 8. The van der Waals surface area contributed by atoms with Gasteiger partial charge in [-0.1, -0.05) is 6.92 Å². The molecule has 1 spiro atoms. The van der Waals surface area contributed by atoms with Gasteiger partial charge < -0.3 is 19.9 Å². The third-order valence-electron chi connectivity index (χ3n) is 6.79. The van der Waals surface area contributed by atoms with Gasteiger partial charge in [-0.3, -0.25) is 4.79 Å². The molecule has 1 amide bonds. The first-order valence-electron chi connectivity index (χ1n) is 11.4. The minimum absolute atomic E-state index is 0.0372. The summed E-state index contributed by atoms with van der Waals surface area (Å²) in [5.41, 5.74) is -0.302. The predicted octanol–water partition coefficient (Wildman–Crippen LogP) is 0.188. The summed E-state index contributed by atoms with van der Waals surface area (Å²) in [6.07, 6.45) is 1.45. The fraction of sp³-hybridized carbons (Fsp3) is 0.810. The molecule has 0 aromatic carbocycles. The molecule has 3 rings (SSSR count). The van der Waals surface area contributed by atoms with Gasteiger partial charge in [-0.05, 0) is 33.4 Å². The molecule has 0 aromatic rings. The molecule has 176 valence electrons. The molecule has 3 aliphatic rings. The smallest absolute Gasteiger partial charge is 0.335 e. The average Bonchev–Trinajstić information content (AvgIpc) is 3.01. The molecule has 0 aromatic heterocycles. The van der Waals surface area contributed by atoms with Crippen LogP contribution < -0.4 is 5.32 Å². The molecule has 0 radical (unpaired) electrons. The van der Waals surface area contributed by atoms with E-state index in [1.807, 2.05) is 0 Å². The first-order chi connectivity index (χ1) is 14.7. The fourth-order valence-corrected chi connectivity index (χ4v) is 5.81. The number of nitrogens with one attached hydrogen (secondary N) is 1. The molecule has 0 unspecified atom stereocenters.